The van der Waals surface area contributed by atoms with Crippen molar-refractivity contribution in [3.8, 4) is 0 Å². The van der Waals surface area contributed by atoms with E-state index in [0.29, 0.717) is 24.3 Å². The number of hydrogen-bond acceptors (Lipinski definition) is 6. The normalized spacial score (nSPS) is 8.94. The Labute approximate surface area is 105 Å². The quantitative estimate of drug-likeness (QED) is 0.403. The number of aliphatic carboxylic acids is 4. The van der Waals surface area contributed by atoms with Crippen LogP contribution >= 0.6 is 0 Å². The predicted octanol–water partition coefficient (Wildman–Crippen LogP) is -3.25. The Bertz CT molecular complexity index is 277. The average Bonchev–Trinajstić information content (AvgIpc) is 2.12. The van der Waals surface area contributed by atoms with Crippen molar-refractivity contribution in [1.82, 2.24) is 0 Å². The summed E-state index contributed by atoms with van der Waals surface area (Å²) in [5.41, 5.74) is 0. The van der Waals surface area contributed by atoms with Gasteiger partial charge in [-0.2, -0.15) is 0 Å². The van der Waals surface area contributed by atoms with E-state index in [4.69, 9.17) is 10.2 Å². The minimum Gasteiger partial charge on any atom is -0.545 e. The van der Waals surface area contributed by atoms with Gasteiger partial charge in [0.15, 0.2) is 0 Å². The van der Waals surface area contributed by atoms with Crippen molar-refractivity contribution in [2.45, 2.75) is 0 Å². The van der Waals surface area contributed by atoms with Crippen LogP contribution < -0.4 is 10.2 Å². The van der Waals surface area contributed by atoms with E-state index < -0.39 is 23.9 Å². The summed E-state index contributed by atoms with van der Waals surface area (Å²) in [7, 11) is 0. The van der Waals surface area contributed by atoms with Crippen molar-refractivity contribution < 1.29 is 56.7 Å². The number of carboxylic acid groups (broad SMARTS) is 4. The van der Waals surface area contributed by atoms with Crippen LogP contribution in [0.4, 0.5) is 0 Å². The van der Waals surface area contributed by atoms with Gasteiger partial charge < -0.3 is 30.0 Å². The van der Waals surface area contributed by atoms with Gasteiger partial charge in [-0.15, -0.1) is 0 Å². The Kier molecular flexibility index (Phi) is 14.3. The van der Waals surface area contributed by atoms with Crippen LogP contribution in [0.25, 0.3) is 0 Å². The first-order valence-electron chi connectivity index (χ1n) is 3.49. The minimum absolute atomic E-state index is 0. The van der Waals surface area contributed by atoms with Gasteiger partial charge in [0.2, 0.25) is 0 Å². The van der Waals surface area contributed by atoms with Gasteiger partial charge in [-0.3, -0.25) is 0 Å². The molecule has 93 valence electrons. The summed E-state index contributed by atoms with van der Waals surface area (Å²) in [6, 6.07) is 0. The molecule has 0 fully saturated rings. The summed E-state index contributed by atoms with van der Waals surface area (Å²) >= 11 is 0. The molecular weight excluding hydrogens is 279 g/mol. The molecule has 2 N–H and O–H groups in total. The fraction of sp³-hybridized carbons (Fsp3) is 0. The van der Waals surface area contributed by atoms with Crippen LogP contribution in [0.2, 0.25) is 0 Å². The van der Waals surface area contributed by atoms with Gasteiger partial charge >= 0.3 is 29.0 Å². The molecular formula is C8H6MnO8. The second-order valence-electron chi connectivity index (χ2n) is 1.98. The van der Waals surface area contributed by atoms with Crippen LogP contribution in [0.5, 0.6) is 0 Å². The third-order valence-corrected chi connectivity index (χ3v) is 0.724. The van der Waals surface area contributed by atoms with E-state index in [1.54, 1.807) is 0 Å². The van der Waals surface area contributed by atoms with Crippen molar-refractivity contribution in [2.24, 2.45) is 0 Å². The monoisotopic (exact) mass is 285 g/mol. The topological polar surface area (TPSA) is 155 Å². The van der Waals surface area contributed by atoms with E-state index in [1.807, 2.05) is 0 Å². The molecule has 0 atom stereocenters. The van der Waals surface area contributed by atoms with Crippen LogP contribution in [0, 0.1) is 0 Å². The minimum atomic E-state index is -1.51. The van der Waals surface area contributed by atoms with Crippen molar-refractivity contribution in [3.63, 3.8) is 0 Å². The van der Waals surface area contributed by atoms with Crippen LogP contribution in [0.3, 0.4) is 0 Å². The Hall–Kier alpha value is -2.12. The molecule has 9 heteroatoms. The standard InChI is InChI=1S/2C4H4O4.Mn/c2*5-3(6)1-2-4(7)8;/h2*1-2H,(H,5,6)(H,7,8);/q;;+2/p-2/b2*2-1-;. The summed E-state index contributed by atoms with van der Waals surface area (Å²) in [6.45, 7) is 0. The molecule has 0 aromatic rings. The molecule has 0 unspecified atom stereocenters. The largest absolute Gasteiger partial charge is 2.00 e. The van der Waals surface area contributed by atoms with Crippen molar-refractivity contribution in [3.05, 3.63) is 24.3 Å². The Morgan fingerprint density at radius 3 is 1.00 bits per heavy atom. The smallest absolute Gasteiger partial charge is 0.545 e. The van der Waals surface area contributed by atoms with Crippen LogP contribution in [-0.4, -0.2) is 34.1 Å². The number of carbonyl (C=O) groups is 4. The maximum atomic E-state index is 9.53. The zero-order chi connectivity index (χ0) is 13.1. The van der Waals surface area contributed by atoms with E-state index in [-0.39, 0.29) is 17.1 Å². The SMILES string of the molecule is O=C([O-])/C=C\C(=O)O.O=C([O-])/C=C\C(=O)O.[Mn+2]. The molecule has 0 heterocycles. The van der Waals surface area contributed by atoms with E-state index in [0.717, 1.165) is 0 Å². The fourth-order valence-electron chi connectivity index (χ4n) is 0.279. The second-order valence-corrected chi connectivity index (χ2v) is 1.98. The molecule has 1 radical (unpaired) electrons. The maximum Gasteiger partial charge on any atom is 2.00 e. The molecule has 17 heavy (non-hydrogen) atoms. The maximum absolute atomic E-state index is 9.53. The molecule has 0 aliphatic heterocycles. The third kappa shape index (κ3) is 31.5. The third-order valence-electron chi connectivity index (χ3n) is 0.724. The van der Waals surface area contributed by atoms with Gasteiger partial charge in [0, 0.05) is 12.2 Å². The number of rotatable bonds is 4. The summed E-state index contributed by atoms with van der Waals surface area (Å²) in [5.74, 6) is -5.61. The molecule has 8 nitrogen and oxygen atoms in total. The van der Waals surface area contributed by atoms with Crippen LogP contribution in [0.15, 0.2) is 24.3 Å². The molecule has 0 aromatic carbocycles. The van der Waals surface area contributed by atoms with Crippen LogP contribution in [-0.2, 0) is 36.2 Å². The number of carbonyl (C=O) groups excluding carboxylic acids is 2. The van der Waals surface area contributed by atoms with Gasteiger partial charge in [-0.1, -0.05) is 0 Å². The molecule has 0 aliphatic rings. The summed E-state index contributed by atoms with van der Waals surface area (Å²) in [6.07, 6.45) is 1.88. The first kappa shape index (κ1) is 20.3. The average molecular weight is 285 g/mol. The Balaban J connectivity index is -0.000000218. The molecule has 0 aliphatic carbocycles. The van der Waals surface area contributed by atoms with Gasteiger partial charge in [0.25, 0.3) is 0 Å². The molecule has 0 aromatic heterocycles. The van der Waals surface area contributed by atoms with Crippen molar-refractivity contribution in [2.75, 3.05) is 0 Å². The van der Waals surface area contributed by atoms with E-state index in [1.165, 1.54) is 0 Å². The summed E-state index contributed by atoms with van der Waals surface area (Å²) in [5, 5.41) is 34.5. The van der Waals surface area contributed by atoms with Crippen molar-refractivity contribution >= 4 is 23.9 Å². The van der Waals surface area contributed by atoms with Gasteiger partial charge in [0.05, 0.1) is 11.9 Å². The first-order chi connectivity index (χ1) is 7.25. The molecule has 0 bridgehead atoms. The summed E-state index contributed by atoms with van der Waals surface area (Å²) in [4.78, 5) is 37.9. The van der Waals surface area contributed by atoms with E-state index in [2.05, 4.69) is 0 Å². The predicted molar refractivity (Wildman–Crippen MR) is 43.6 cm³/mol. The molecule has 0 rings (SSSR count). The molecule has 0 spiro atoms. The zero-order valence-electron chi connectivity index (χ0n) is 8.03. The molecule has 0 saturated heterocycles. The van der Waals surface area contributed by atoms with Gasteiger partial charge in [0.1, 0.15) is 0 Å². The van der Waals surface area contributed by atoms with Gasteiger partial charge in [-0.05, 0) is 12.2 Å². The Morgan fingerprint density at radius 1 is 0.706 bits per heavy atom. The van der Waals surface area contributed by atoms with Crippen molar-refractivity contribution in [1.29, 1.82) is 0 Å². The second kappa shape index (κ2) is 12.0. The molecule has 0 saturated carbocycles. The number of hydrogen-bond donors (Lipinski definition) is 2. The van der Waals surface area contributed by atoms with E-state index >= 15 is 0 Å². The first-order valence-corrected chi connectivity index (χ1v) is 3.49. The fourth-order valence-corrected chi connectivity index (χ4v) is 0.279. The summed E-state index contributed by atoms with van der Waals surface area (Å²) < 4.78 is 0. The van der Waals surface area contributed by atoms with E-state index in [9.17, 15) is 29.4 Å². The molecule has 0 amide bonds. The van der Waals surface area contributed by atoms with Gasteiger partial charge in [-0.25, -0.2) is 9.59 Å². The number of carboxylic acids is 4. The zero-order valence-corrected chi connectivity index (χ0v) is 9.21. The Morgan fingerprint density at radius 2 is 0.941 bits per heavy atom. The van der Waals surface area contributed by atoms with Crippen LogP contribution in [0.1, 0.15) is 0 Å².